The zero-order valence-corrected chi connectivity index (χ0v) is 13.3. The van der Waals surface area contributed by atoms with Gasteiger partial charge in [0, 0.05) is 25.2 Å². The summed E-state index contributed by atoms with van der Waals surface area (Å²) >= 11 is 0. The van der Waals surface area contributed by atoms with Gasteiger partial charge in [-0.2, -0.15) is 13.2 Å². The number of benzene rings is 2. The van der Waals surface area contributed by atoms with E-state index in [1.807, 2.05) is 31.2 Å². The third kappa shape index (κ3) is 5.61. The van der Waals surface area contributed by atoms with Crippen molar-refractivity contribution in [2.75, 3.05) is 11.9 Å². The van der Waals surface area contributed by atoms with Crippen molar-refractivity contribution in [2.45, 2.75) is 26.1 Å². The molecule has 2 N–H and O–H groups in total. The number of nitrogens with one attached hydrogen (secondary N) is 2. The number of rotatable bonds is 6. The Morgan fingerprint density at radius 2 is 1.79 bits per heavy atom. The Morgan fingerprint density at radius 1 is 1.08 bits per heavy atom. The Kier molecular flexibility index (Phi) is 5.84. The minimum Gasteiger partial charge on any atom is -0.385 e. The van der Waals surface area contributed by atoms with Crippen molar-refractivity contribution in [2.24, 2.45) is 0 Å². The van der Waals surface area contributed by atoms with Crippen molar-refractivity contribution in [1.29, 1.82) is 0 Å². The van der Waals surface area contributed by atoms with E-state index in [0.717, 1.165) is 23.3 Å². The maximum atomic E-state index is 12.5. The van der Waals surface area contributed by atoms with Gasteiger partial charge in [-0.3, -0.25) is 4.79 Å². The van der Waals surface area contributed by atoms with Crippen LogP contribution in [0.3, 0.4) is 0 Å². The molecule has 0 aromatic heterocycles. The Labute approximate surface area is 138 Å². The fourth-order valence-electron chi connectivity index (χ4n) is 2.21. The molecular weight excluding hydrogens is 317 g/mol. The van der Waals surface area contributed by atoms with E-state index in [1.165, 1.54) is 12.1 Å². The minimum atomic E-state index is -4.34. The molecule has 24 heavy (non-hydrogen) atoms. The van der Waals surface area contributed by atoms with Crippen molar-refractivity contribution >= 4 is 11.6 Å². The lowest BCUT2D eigenvalue weighted by Gasteiger charge is -2.10. The van der Waals surface area contributed by atoms with Gasteiger partial charge in [0.05, 0.1) is 5.56 Å². The van der Waals surface area contributed by atoms with E-state index < -0.39 is 11.7 Å². The molecule has 0 atom stereocenters. The topological polar surface area (TPSA) is 41.1 Å². The highest BCUT2D eigenvalue weighted by Crippen LogP contribution is 2.29. The van der Waals surface area contributed by atoms with Crippen LogP contribution in [0.2, 0.25) is 0 Å². The van der Waals surface area contributed by atoms with Crippen LogP contribution >= 0.6 is 0 Å². The lowest BCUT2D eigenvalue weighted by atomic mass is 10.1. The molecule has 0 fully saturated rings. The van der Waals surface area contributed by atoms with Crippen LogP contribution in [0.1, 0.15) is 23.1 Å². The molecule has 0 spiro atoms. The number of amides is 1. The molecule has 0 heterocycles. The first-order valence-electron chi connectivity index (χ1n) is 7.58. The van der Waals surface area contributed by atoms with E-state index in [1.54, 1.807) is 0 Å². The van der Waals surface area contributed by atoms with Gasteiger partial charge in [0.1, 0.15) is 0 Å². The smallest absolute Gasteiger partial charge is 0.385 e. The highest BCUT2D eigenvalue weighted by molar-refractivity contribution is 5.76. The first-order valence-corrected chi connectivity index (χ1v) is 7.58. The van der Waals surface area contributed by atoms with Crippen molar-refractivity contribution in [3.63, 3.8) is 0 Å². The first kappa shape index (κ1) is 17.8. The van der Waals surface area contributed by atoms with E-state index in [-0.39, 0.29) is 12.3 Å². The van der Waals surface area contributed by atoms with Crippen molar-refractivity contribution in [3.05, 3.63) is 65.2 Å². The Balaban J connectivity index is 1.72. The van der Waals surface area contributed by atoms with Gasteiger partial charge in [0.2, 0.25) is 5.91 Å². The van der Waals surface area contributed by atoms with Crippen LogP contribution in [0.25, 0.3) is 0 Å². The van der Waals surface area contributed by atoms with E-state index in [4.69, 9.17) is 0 Å². The third-order valence-electron chi connectivity index (χ3n) is 3.47. The second kappa shape index (κ2) is 7.86. The maximum Gasteiger partial charge on any atom is 0.416 e. The van der Waals surface area contributed by atoms with Crippen molar-refractivity contribution < 1.29 is 18.0 Å². The first-order chi connectivity index (χ1) is 11.3. The highest BCUT2D eigenvalue weighted by atomic mass is 19.4. The molecule has 3 nitrogen and oxygen atoms in total. The molecule has 1 amide bonds. The number of anilines is 1. The molecule has 2 rings (SSSR count). The minimum absolute atomic E-state index is 0.115. The lowest BCUT2D eigenvalue weighted by molar-refractivity contribution is -0.137. The molecule has 0 aliphatic carbocycles. The number of alkyl halides is 3. The third-order valence-corrected chi connectivity index (χ3v) is 3.47. The number of halogens is 3. The molecule has 6 heteroatoms. The van der Waals surface area contributed by atoms with Gasteiger partial charge in [-0.05, 0) is 36.8 Å². The zero-order valence-electron chi connectivity index (χ0n) is 13.3. The lowest BCUT2D eigenvalue weighted by Crippen LogP contribution is -2.24. The Hall–Kier alpha value is -2.50. The molecule has 2 aromatic carbocycles. The van der Waals surface area contributed by atoms with E-state index >= 15 is 0 Å². The Morgan fingerprint density at radius 3 is 2.42 bits per heavy atom. The molecule has 0 aliphatic heterocycles. The standard InChI is InChI=1S/C18H19F3N2O/c1-13-3-2-4-14(11-13)12-23-17(24)9-10-22-16-7-5-15(6-8-16)18(19,20)21/h2-8,11,22H,9-10,12H2,1H3,(H,23,24). The second-order valence-electron chi connectivity index (χ2n) is 5.52. The van der Waals surface area contributed by atoms with E-state index in [0.29, 0.717) is 18.8 Å². The second-order valence-corrected chi connectivity index (χ2v) is 5.52. The average Bonchev–Trinajstić information content (AvgIpc) is 2.53. The summed E-state index contributed by atoms with van der Waals surface area (Å²) in [5.41, 5.74) is 2.02. The SMILES string of the molecule is Cc1cccc(CNC(=O)CCNc2ccc(C(F)(F)F)cc2)c1. The summed E-state index contributed by atoms with van der Waals surface area (Å²) < 4.78 is 37.4. The van der Waals surface area contributed by atoms with Crippen LogP contribution < -0.4 is 10.6 Å². The normalized spacial score (nSPS) is 11.2. The van der Waals surface area contributed by atoms with Crippen LogP contribution in [0, 0.1) is 6.92 Å². The van der Waals surface area contributed by atoms with Crippen LogP contribution in [0.4, 0.5) is 18.9 Å². The summed E-state index contributed by atoms with van der Waals surface area (Å²) in [6.07, 6.45) is -4.10. The molecule has 0 radical (unpaired) electrons. The van der Waals surface area contributed by atoms with Crippen LogP contribution in [-0.4, -0.2) is 12.5 Å². The largest absolute Gasteiger partial charge is 0.416 e. The van der Waals surface area contributed by atoms with Gasteiger partial charge < -0.3 is 10.6 Å². The summed E-state index contributed by atoms with van der Waals surface area (Å²) in [5.74, 6) is -0.115. The fraction of sp³-hybridized carbons (Fsp3) is 0.278. The molecule has 0 bridgehead atoms. The summed E-state index contributed by atoms with van der Waals surface area (Å²) in [6, 6.07) is 12.6. The monoisotopic (exact) mass is 336 g/mol. The molecule has 0 unspecified atom stereocenters. The number of carbonyl (C=O) groups excluding carboxylic acids is 1. The van der Waals surface area contributed by atoms with E-state index in [2.05, 4.69) is 10.6 Å². The van der Waals surface area contributed by atoms with Crippen molar-refractivity contribution in [1.82, 2.24) is 5.32 Å². The summed E-state index contributed by atoms with van der Waals surface area (Å²) in [5, 5.41) is 5.75. The van der Waals surface area contributed by atoms with Gasteiger partial charge in [0.25, 0.3) is 0 Å². The molecule has 2 aromatic rings. The molecule has 0 saturated carbocycles. The number of aryl methyl sites for hydroxylation is 1. The summed E-state index contributed by atoms with van der Waals surface area (Å²) in [6.45, 7) is 2.80. The van der Waals surface area contributed by atoms with Gasteiger partial charge in [-0.25, -0.2) is 0 Å². The molecule has 128 valence electrons. The Bertz CT molecular complexity index is 681. The number of hydrogen-bond donors (Lipinski definition) is 2. The summed E-state index contributed by atoms with van der Waals surface area (Å²) in [7, 11) is 0. The van der Waals surface area contributed by atoms with Crippen molar-refractivity contribution in [3.8, 4) is 0 Å². The predicted octanol–water partition coefficient (Wildman–Crippen LogP) is 4.13. The van der Waals surface area contributed by atoms with Crippen LogP contribution in [-0.2, 0) is 17.5 Å². The number of carbonyl (C=O) groups is 1. The average molecular weight is 336 g/mol. The predicted molar refractivity (Wildman–Crippen MR) is 87.6 cm³/mol. The maximum absolute atomic E-state index is 12.5. The van der Waals surface area contributed by atoms with Crippen LogP contribution in [0.5, 0.6) is 0 Å². The molecular formula is C18H19F3N2O. The quantitative estimate of drug-likeness (QED) is 0.833. The molecule has 0 aliphatic rings. The van der Waals surface area contributed by atoms with Gasteiger partial charge in [0.15, 0.2) is 0 Å². The highest BCUT2D eigenvalue weighted by Gasteiger charge is 2.29. The van der Waals surface area contributed by atoms with Gasteiger partial charge in [-0.1, -0.05) is 29.8 Å². The summed E-state index contributed by atoms with van der Waals surface area (Å²) in [4.78, 5) is 11.8. The fourth-order valence-corrected chi connectivity index (χ4v) is 2.21. The van der Waals surface area contributed by atoms with Gasteiger partial charge in [-0.15, -0.1) is 0 Å². The van der Waals surface area contributed by atoms with E-state index in [9.17, 15) is 18.0 Å². The zero-order chi connectivity index (χ0) is 17.6. The molecule has 0 saturated heterocycles. The van der Waals surface area contributed by atoms with Crippen LogP contribution in [0.15, 0.2) is 48.5 Å². The number of hydrogen-bond acceptors (Lipinski definition) is 2. The van der Waals surface area contributed by atoms with Gasteiger partial charge >= 0.3 is 6.18 Å².